The maximum atomic E-state index is 14.5. The monoisotopic (exact) mass is 1640 g/mol. The van der Waals surface area contributed by atoms with Crippen LogP contribution in [-0.4, -0.2) is 133 Å². The van der Waals surface area contributed by atoms with Gasteiger partial charge in [-0.25, -0.2) is 30.7 Å². The van der Waals surface area contributed by atoms with Crippen molar-refractivity contribution in [2.75, 3.05) is 67.0 Å². The van der Waals surface area contributed by atoms with Gasteiger partial charge in [0.15, 0.2) is 23.3 Å². The minimum atomic E-state index is -1.18. The number of H-pyrrole nitrogens is 4. The van der Waals surface area contributed by atoms with E-state index in [9.17, 15) is 30.7 Å². The molecule has 5 unspecified atom stereocenters. The molecule has 0 spiro atoms. The number of nitrogens with zero attached hydrogens (tertiary/aromatic N) is 20. The molecule has 8 fully saturated rings. The summed E-state index contributed by atoms with van der Waals surface area (Å²) in [5.74, 6) is 7.53. The molecule has 606 valence electrons. The van der Waals surface area contributed by atoms with Crippen LogP contribution in [0.1, 0.15) is 212 Å². The highest BCUT2D eigenvalue weighted by molar-refractivity contribution is 6.31. The molecule has 8 N–H and O–H groups in total. The third kappa shape index (κ3) is 18.6. The van der Waals surface area contributed by atoms with Gasteiger partial charge >= 0.3 is 0 Å². The van der Waals surface area contributed by atoms with E-state index >= 15 is 0 Å². The van der Waals surface area contributed by atoms with Gasteiger partial charge in [-0.15, -0.1) is 0 Å². The highest BCUT2D eigenvalue weighted by Crippen LogP contribution is 2.46. The molecule has 4 saturated carbocycles. The largest absolute Gasteiger partial charge is 0.334 e. The first-order valence-corrected chi connectivity index (χ1v) is 40.1. The van der Waals surface area contributed by atoms with Crippen molar-refractivity contribution in [2.24, 2.45) is 0 Å². The second-order valence-electron chi connectivity index (χ2n) is 30.7. The van der Waals surface area contributed by atoms with Crippen LogP contribution in [0.5, 0.6) is 0 Å². The molecule has 4 aliphatic carbocycles. The molecule has 28 nitrogen and oxygen atoms in total. The van der Waals surface area contributed by atoms with Crippen molar-refractivity contribution in [3.05, 3.63) is 210 Å². The topological polar surface area (TPSA) is 330 Å². The van der Waals surface area contributed by atoms with E-state index in [0.717, 1.165) is 98.5 Å². The zero-order chi connectivity index (χ0) is 80.7. The third-order valence-corrected chi connectivity index (χ3v) is 22.2. The number of aromatic amines is 4. The molecule has 8 aromatic heterocycles. The Balaban J connectivity index is 0.000000112. The lowest BCUT2D eigenvalue weighted by Gasteiger charge is -2.26. The Morgan fingerprint density at radius 1 is 0.342 bits per heavy atom. The lowest BCUT2D eigenvalue weighted by molar-refractivity contribution is 0.356. The Labute approximate surface area is 677 Å². The first kappa shape index (κ1) is 77.8. The summed E-state index contributed by atoms with van der Waals surface area (Å²) in [4.78, 5) is 61.1. The molecular formula is C80H83Cl2F7N28. The predicted octanol–water partition coefficient (Wildman–Crippen LogP) is 17.6. The number of rotatable bonds is 20. The van der Waals surface area contributed by atoms with Crippen LogP contribution in [0.25, 0.3) is 0 Å². The first-order valence-electron chi connectivity index (χ1n) is 39.4. The number of nitrogens with one attached hydrogen (secondary N) is 8. The number of halogens is 9. The summed E-state index contributed by atoms with van der Waals surface area (Å²) in [5.41, 5.74) is 6.50. The number of hydrogen-bond acceptors (Lipinski definition) is 24. The van der Waals surface area contributed by atoms with Crippen LogP contribution >= 0.6 is 23.2 Å². The van der Waals surface area contributed by atoms with Gasteiger partial charge in [0.2, 0.25) is 47.6 Å². The molecule has 0 bridgehead atoms. The van der Waals surface area contributed by atoms with Crippen molar-refractivity contribution in [1.82, 2.24) is 101 Å². The van der Waals surface area contributed by atoms with Crippen molar-refractivity contribution in [1.29, 1.82) is 0 Å². The van der Waals surface area contributed by atoms with Crippen molar-refractivity contribution in [3.63, 3.8) is 0 Å². The molecule has 4 aliphatic heterocycles. The highest BCUT2D eigenvalue weighted by Gasteiger charge is 2.39. The second-order valence-corrected chi connectivity index (χ2v) is 31.5. The predicted molar refractivity (Wildman–Crippen MR) is 427 cm³/mol. The fraction of sp³-hybridized carbons (Fsp3) is 0.400. The van der Waals surface area contributed by atoms with Gasteiger partial charge in [0.25, 0.3) is 0 Å². The standard InChI is InChI=1S/2C20H21ClFN7.C20H20F3N7.C20H21F2N7/c1-11-23-19(25-18-10-16(27-28-18)12-4-5-12)26-20(24-11)29-8-2-3-17(29)14-7-6-13(22)9-15(14)21;1-11-23-19(25-18-10-16(27-28-18)12-4-5-12)26-20(24-11)29-8-2-3-17(29)14-7-6-13(21)9-15(14)22;1-10-24-19(26-18-8-16(28-29-18)11-2-3-11)27-20(25-10)30-9-13(22)7-17(30)14-5-4-12(21)6-15(14)23;1-11-23-19(25-18-10-16(27-28-18)12-4-5-12)26-20(24-11)29-8-2-3-17(29)14-9-13(21)6-7-15(14)22/h2*6-7,9-10,12,17H,2-5,8H2,1H3,(H2,23,24,25,26,27,28);4-6,8,11,13,17H,2-3,7,9H2,1H3,(H2,24,25,26,27,28,29);6-7,9-10,12,17H,2-5,8H2,1H3,(H2,23,24,25,26,27,28). The Morgan fingerprint density at radius 3 is 1.08 bits per heavy atom. The van der Waals surface area contributed by atoms with Crippen LogP contribution in [-0.2, 0) is 0 Å². The Hall–Kier alpha value is -11.8. The number of alkyl halides is 1. The third-order valence-electron chi connectivity index (χ3n) is 21.7. The average Bonchev–Trinajstić information content (AvgIpc) is 1.69. The Kier molecular flexibility index (Phi) is 22.3. The van der Waals surface area contributed by atoms with E-state index in [0.29, 0.717) is 140 Å². The molecule has 4 saturated heterocycles. The molecule has 117 heavy (non-hydrogen) atoms. The summed E-state index contributed by atoms with van der Waals surface area (Å²) in [6.07, 6.45) is 13.6. The van der Waals surface area contributed by atoms with Crippen LogP contribution in [0, 0.1) is 62.6 Å². The Bertz CT molecular complexity index is 5410. The average molecular weight is 1640 g/mol. The van der Waals surface area contributed by atoms with E-state index in [-0.39, 0.29) is 60.2 Å². The number of hydrogen-bond donors (Lipinski definition) is 8. The van der Waals surface area contributed by atoms with Crippen molar-refractivity contribution in [3.8, 4) is 0 Å². The van der Waals surface area contributed by atoms with Gasteiger partial charge in [0.05, 0.1) is 30.7 Å². The van der Waals surface area contributed by atoms with E-state index in [4.69, 9.17) is 23.2 Å². The lowest BCUT2D eigenvalue weighted by atomic mass is 10.0. The normalized spacial score (nSPS) is 19.6. The van der Waals surface area contributed by atoms with Gasteiger partial charge in [-0.1, -0.05) is 41.4 Å². The first-order chi connectivity index (χ1) is 56.6. The van der Waals surface area contributed by atoms with E-state index in [1.807, 2.05) is 47.9 Å². The smallest absolute Gasteiger partial charge is 0.233 e. The summed E-state index contributed by atoms with van der Waals surface area (Å²) < 4.78 is 98.1. The van der Waals surface area contributed by atoms with Crippen LogP contribution in [0.3, 0.4) is 0 Å². The summed E-state index contributed by atoms with van der Waals surface area (Å²) in [6.45, 7) is 9.38. The minimum Gasteiger partial charge on any atom is -0.334 e. The lowest BCUT2D eigenvalue weighted by Crippen LogP contribution is -2.27. The van der Waals surface area contributed by atoms with Gasteiger partial charge in [-0.2, -0.15) is 80.2 Å². The molecule has 8 aliphatic rings. The highest BCUT2D eigenvalue weighted by atomic mass is 35.5. The molecule has 20 rings (SSSR count). The maximum Gasteiger partial charge on any atom is 0.233 e. The van der Waals surface area contributed by atoms with E-state index in [1.165, 1.54) is 81.0 Å². The summed E-state index contributed by atoms with van der Waals surface area (Å²) in [6, 6.07) is 23.1. The van der Waals surface area contributed by atoms with Crippen LogP contribution in [0.2, 0.25) is 10.0 Å². The van der Waals surface area contributed by atoms with Crippen LogP contribution in [0.4, 0.5) is 102 Å². The SMILES string of the molecule is Cc1nc(Nc2cc(C3CC3)[nH]n2)nc(N2CC(F)CC2c2ccc(F)cc2F)n1.Cc1nc(Nc2cc(C3CC3)[nH]n2)nc(N2CCCC2c2cc(F)ccc2F)n1.Cc1nc(Nc2cc(C3CC3)[nH]n2)nc(N2CCCC2c2ccc(Cl)cc2F)n1.Cc1nc(Nc2cc(C3CC3)[nH]n2)nc(N2CCCC2c2ccc(F)cc2Cl)n1. The molecule has 0 amide bonds. The maximum absolute atomic E-state index is 14.5. The van der Waals surface area contributed by atoms with Gasteiger partial charge in [0.1, 0.15) is 64.4 Å². The van der Waals surface area contributed by atoms with E-state index in [1.54, 1.807) is 36.9 Å². The van der Waals surface area contributed by atoms with E-state index < -0.39 is 35.5 Å². The molecular weight excluding hydrogens is 1560 g/mol. The fourth-order valence-corrected chi connectivity index (χ4v) is 15.9. The van der Waals surface area contributed by atoms with Gasteiger partial charge in [0, 0.05) is 130 Å². The zero-order valence-corrected chi connectivity index (χ0v) is 65.7. The van der Waals surface area contributed by atoms with Crippen molar-refractivity contribution >= 4 is 94.1 Å². The fourth-order valence-electron chi connectivity index (χ4n) is 15.5. The number of aryl methyl sites for hydroxylation is 4. The number of benzene rings is 4. The minimum absolute atomic E-state index is 0.00426. The molecule has 0 radical (unpaired) electrons. The molecule has 5 atom stereocenters. The zero-order valence-electron chi connectivity index (χ0n) is 64.2. The second kappa shape index (κ2) is 33.5. The van der Waals surface area contributed by atoms with Crippen LogP contribution in [0.15, 0.2) is 97.1 Å². The molecule has 37 heteroatoms. The molecule has 4 aromatic carbocycles. The van der Waals surface area contributed by atoms with Gasteiger partial charge < -0.3 is 40.9 Å². The number of anilines is 12. The van der Waals surface area contributed by atoms with Gasteiger partial charge in [-0.05, 0) is 172 Å². The molecule has 12 aromatic rings. The quantitative estimate of drug-likeness (QED) is 0.0329. The Morgan fingerprint density at radius 2 is 0.684 bits per heavy atom. The summed E-state index contributed by atoms with van der Waals surface area (Å²) in [5, 5.41) is 42.6. The van der Waals surface area contributed by atoms with Crippen LogP contribution < -0.4 is 40.9 Å². The van der Waals surface area contributed by atoms with Crippen molar-refractivity contribution in [2.45, 2.75) is 178 Å². The van der Waals surface area contributed by atoms with Gasteiger partial charge in [-0.3, -0.25) is 20.4 Å². The number of aromatic nitrogens is 20. The van der Waals surface area contributed by atoms with Crippen molar-refractivity contribution < 1.29 is 30.7 Å². The van der Waals surface area contributed by atoms with E-state index in [2.05, 4.69) is 127 Å². The summed E-state index contributed by atoms with van der Waals surface area (Å²) in [7, 11) is 0. The molecule has 12 heterocycles. The summed E-state index contributed by atoms with van der Waals surface area (Å²) >= 11 is 12.2.